The second-order valence-electron chi connectivity index (χ2n) is 11.5. The Morgan fingerprint density at radius 2 is 1.63 bits per heavy atom. The van der Waals surface area contributed by atoms with Gasteiger partial charge in [-0.15, -0.1) is 0 Å². The predicted octanol–water partition coefficient (Wildman–Crippen LogP) is 5.55. The van der Waals surface area contributed by atoms with E-state index in [0.717, 1.165) is 0 Å². The summed E-state index contributed by atoms with van der Waals surface area (Å²) in [5, 5.41) is 6.26. The Hall–Kier alpha value is -5.25. The molecule has 2 heterocycles. The molecule has 0 fully saturated rings. The highest BCUT2D eigenvalue weighted by atomic mass is 19.1. The lowest BCUT2D eigenvalue weighted by Crippen LogP contribution is -2.40. The third-order valence-corrected chi connectivity index (χ3v) is 6.94. The second-order valence-corrected chi connectivity index (χ2v) is 11.5. The van der Waals surface area contributed by atoms with Gasteiger partial charge in [-0.05, 0) is 68.8 Å². The lowest BCUT2D eigenvalue weighted by molar-refractivity contribution is -0.124. The van der Waals surface area contributed by atoms with Gasteiger partial charge in [-0.3, -0.25) is 19.2 Å². The van der Waals surface area contributed by atoms with Crippen molar-refractivity contribution in [2.24, 2.45) is 0 Å². The summed E-state index contributed by atoms with van der Waals surface area (Å²) in [7, 11) is 4.44. The molecule has 0 saturated carbocycles. The molecule has 43 heavy (non-hydrogen) atoms. The highest BCUT2D eigenvalue weighted by Gasteiger charge is 2.30. The van der Waals surface area contributed by atoms with Crippen LogP contribution in [0.25, 0.3) is 44.3 Å². The summed E-state index contributed by atoms with van der Waals surface area (Å²) < 4.78 is 20.1. The summed E-state index contributed by atoms with van der Waals surface area (Å²) in [6.45, 7) is 5.66. The summed E-state index contributed by atoms with van der Waals surface area (Å²) in [6.07, 6.45) is 1.44. The Kier molecular flexibility index (Phi) is 7.39. The molecule has 5 rings (SSSR count). The van der Waals surface area contributed by atoms with E-state index in [1.165, 1.54) is 56.5 Å². The molecule has 9 nitrogen and oxygen atoms in total. The fourth-order valence-corrected chi connectivity index (χ4v) is 4.98. The number of nitrogens with zero attached hydrogens (tertiary/aromatic N) is 1. The van der Waals surface area contributed by atoms with Gasteiger partial charge in [-0.25, -0.2) is 4.39 Å². The Bertz CT molecular complexity index is 1930. The number of aromatic amines is 1. The van der Waals surface area contributed by atoms with Crippen molar-refractivity contribution >= 4 is 45.4 Å². The van der Waals surface area contributed by atoms with E-state index in [0.29, 0.717) is 38.5 Å². The number of hydrogen-bond acceptors (Lipinski definition) is 5. The van der Waals surface area contributed by atoms with Crippen molar-refractivity contribution in [2.45, 2.75) is 26.3 Å². The monoisotopic (exact) mass is 582 g/mol. The van der Waals surface area contributed by atoms with Crippen molar-refractivity contribution in [3.63, 3.8) is 0 Å². The molecule has 0 spiro atoms. The van der Waals surface area contributed by atoms with Gasteiger partial charge >= 0.3 is 0 Å². The van der Waals surface area contributed by atoms with Crippen molar-refractivity contribution in [3.8, 4) is 22.5 Å². The zero-order chi connectivity index (χ0) is 31.2. The number of furan rings is 1. The molecule has 3 N–H and O–H groups in total. The maximum Gasteiger partial charge on any atom is 0.294 e. The molecule has 220 valence electrons. The first-order valence-corrected chi connectivity index (χ1v) is 13.6. The van der Waals surface area contributed by atoms with Crippen molar-refractivity contribution in [2.75, 3.05) is 21.1 Å². The van der Waals surface area contributed by atoms with Crippen LogP contribution >= 0.6 is 0 Å². The third kappa shape index (κ3) is 5.39. The lowest BCUT2D eigenvalue weighted by Gasteiger charge is -2.20. The summed E-state index contributed by atoms with van der Waals surface area (Å²) in [6, 6.07) is 14.2. The first kappa shape index (κ1) is 29.2. The lowest BCUT2D eigenvalue weighted by atomic mass is 9.94. The van der Waals surface area contributed by atoms with Crippen molar-refractivity contribution in [1.29, 1.82) is 0 Å². The molecule has 0 aliphatic rings. The van der Waals surface area contributed by atoms with E-state index in [1.807, 2.05) is 26.8 Å². The van der Waals surface area contributed by atoms with Crippen LogP contribution in [0.4, 0.5) is 4.39 Å². The van der Waals surface area contributed by atoms with Crippen molar-refractivity contribution in [1.82, 2.24) is 20.5 Å². The number of Topliss-reactive ketones (excluding diaryl/α,β-unsaturated/α-hetero) is 1. The predicted molar refractivity (Wildman–Crippen MR) is 163 cm³/mol. The number of ketones is 1. The van der Waals surface area contributed by atoms with Crippen LogP contribution in [0.2, 0.25) is 0 Å². The molecule has 0 aliphatic heterocycles. The maximum absolute atomic E-state index is 13.8. The zero-order valence-corrected chi connectivity index (χ0v) is 24.6. The Balaban J connectivity index is 1.86. The number of likely N-dealkylation sites (N-methyl/N-ethyl adjacent to an activating group) is 1. The third-order valence-electron chi connectivity index (χ3n) is 6.94. The van der Waals surface area contributed by atoms with Crippen LogP contribution < -0.4 is 10.6 Å². The van der Waals surface area contributed by atoms with Gasteiger partial charge in [-0.2, -0.15) is 0 Å². The average molecular weight is 583 g/mol. The molecule has 0 aliphatic carbocycles. The van der Waals surface area contributed by atoms with E-state index in [4.69, 9.17) is 4.42 Å². The van der Waals surface area contributed by atoms with E-state index in [-0.39, 0.29) is 28.4 Å². The number of halogens is 1. The first-order valence-electron chi connectivity index (χ1n) is 13.6. The molecule has 0 saturated heterocycles. The van der Waals surface area contributed by atoms with E-state index < -0.39 is 29.0 Å². The smallest absolute Gasteiger partial charge is 0.294 e. The molecular weight excluding hydrogens is 551 g/mol. The number of rotatable bonds is 6. The van der Waals surface area contributed by atoms with Crippen LogP contribution in [0.5, 0.6) is 0 Å². The van der Waals surface area contributed by atoms with Crippen LogP contribution in [-0.4, -0.2) is 60.1 Å². The topological polar surface area (TPSA) is 125 Å². The van der Waals surface area contributed by atoms with Crippen LogP contribution in [-0.2, 0) is 4.79 Å². The fraction of sp³-hybridized carbons (Fsp3) is 0.212. The standard InChI is InChI=1S/C33H31FN4O5/c1-33(2,3)37-30(40)19-9-7-8-18(14-19)21-15-22-25(31(41)35-4)28(17-10-12-20(34)13-11-17)43-29(22)24-23(16-36-26(21)24)27(39)32(42)38(5)6/h7-16,36H,1-6H3,(H,35,41)(H,37,40). The molecule has 0 bridgehead atoms. The average Bonchev–Trinajstić information content (AvgIpc) is 3.57. The normalized spacial score (nSPS) is 11.5. The van der Waals surface area contributed by atoms with Gasteiger partial charge in [0.15, 0.2) is 0 Å². The van der Waals surface area contributed by atoms with Gasteiger partial charge in [0.05, 0.1) is 22.0 Å². The number of carbonyl (C=O) groups excluding carboxylic acids is 4. The van der Waals surface area contributed by atoms with E-state index >= 15 is 0 Å². The van der Waals surface area contributed by atoms with Crippen molar-refractivity contribution < 1.29 is 28.0 Å². The molecule has 3 aromatic carbocycles. The summed E-state index contributed by atoms with van der Waals surface area (Å²) >= 11 is 0. The molecule has 3 amide bonds. The maximum atomic E-state index is 13.8. The number of hydrogen-bond donors (Lipinski definition) is 3. The number of amides is 3. The summed E-state index contributed by atoms with van der Waals surface area (Å²) in [5.74, 6) is -2.52. The molecule has 5 aromatic rings. The number of H-pyrrole nitrogens is 1. The van der Waals surface area contributed by atoms with Gasteiger partial charge in [0.1, 0.15) is 17.2 Å². The van der Waals surface area contributed by atoms with Crippen LogP contribution in [0.3, 0.4) is 0 Å². The summed E-state index contributed by atoms with van der Waals surface area (Å²) in [5.41, 5.74) is 2.51. The quantitative estimate of drug-likeness (QED) is 0.179. The second kappa shape index (κ2) is 10.9. The van der Waals surface area contributed by atoms with E-state index in [1.54, 1.807) is 24.3 Å². The Morgan fingerprint density at radius 1 is 0.930 bits per heavy atom. The zero-order valence-electron chi connectivity index (χ0n) is 24.6. The van der Waals surface area contributed by atoms with Gasteiger partial charge in [-0.1, -0.05) is 12.1 Å². The number of carbonyl (C=O) groups is 4. The Labute approximate surface area is 247 Å². The van der Waals surface area contributed by atoms with Gasteiger partial charge < -0.3 is 24.9 Å². The SMILES string of the molecule is CNC(=O)c1c(-c2ccc(F)cc2)oc2c1cc(-c1cccc(C(=O)NC(C)(C)C)c1)c1[nH]cc(C(=O)C(=O)N(C)C)c12. The van der Waals surface area contributed by atoms with Gasteiger partial charge in [0.25, 0.3) is 23.5 Å². The van der Waals surface area contributed by atoms with E-state index in [2.05, 4.69) is 15.6 Å². The minimum absolute atomic E-state index is 0.0602. The number of nitrogens with one attached hydrogen (secondary N) is 3. The minimum Gasteiger partial charge on any atom is -0.454 e. The molecule has 0 atom stereocenters. The molecule has 0 radical (unpaired) electrons. The van der Waals surface area contributed by atoms with Crippen LogP contribution in [0.1, 0.15) is 51.8 Å². The number of aromatic nitrogens is 1. The molecular formula is C33H31FN4O5. The van der Waals surface area contributed by atoms with Crippen molar-refractivity contribution in [3.05, 3.63) is 83.3 Å². The molecule has 10 heteroatoms. The fourth-order valence-electron chi connectivity index (χ4n) is 4.98. The number of fused-ring (bicyclic) bond motifs is 3. The van der Waals surface area contributed by atoms with E-state index in [9.17, 15) is 23.6 Å². The summed E-state index contributed by atoms with van der Waals surface area (Å²) in [4.78, 5) is 56.8. The molecule has 2 aromatic heterocycles. The largest absolute Gasteiger partial charge is 0.454 e. The van der Waals surface area contributed by atoms with Crippen LogP contribution in [0, 0.1) is 5.82 Å². The first-order chi connectivity index (χ1) is 20.3. The Morgan fingerprint density at radius 3 is 2.26 bits per heavy atom. The van der Waals surface area contributed by atoms with Crippen LogP contribution in [0.15, 0.2) is 65.2 Å². The highest BCUT2D eigenvalue weighted by molar-refractivity contribution is 6.46. The van der Waals surface area contributed by atoms with Gasteiger partial charge in [0.2, 0.25) is 0 Å². The number of benzene rings is 3. The highest BCUT2D eigenvalue weighted by Crippen LogP contribution is 2.43. The van der Waals surface area contributed by atoms with Gasteiger partial charge in [0, 0.05) is 55.0 Å². The minimum atomic E-state index is -0.769. The molecule has 0 unspecified atom stereocenters.